The number of rotatable bonds is 4. The first-order chi connectivity index (χ1) is 13.9. The minimum Gasteiger partial charge on any atom is -0.465 e. The fraction of sp³-hybridized carbons (Fsp3) is 0.273. The molecule has 0 saturated carbocycles. The molecule has 1 aliphatic heterocycles. The molecule has 1 aromatic heterocycles. The second-order valence-electron chi connectivity index (χ2n) is 7.35. The summed E-state index contributed by atoms with van der Waals surface area (Å²) in [6.45, 7) is 3.96. The summed E-state index contributed by atoms with van der Waals surface area (Å²) in [4.78, 5) is 26.8. The summed E-state index contributed by atoms with van der Waals surface area (Å²) in [5, 5.41) is 10.1. The van der Waals surface area contributed by atoms with E-state index in [0.717, 1.165) is 27.8 Å². The Labute approximate surface area is 168 Å². The number of primary amides is 1. The number of nitrogens with zero attached hydrogens (tertiary/aromatic N) is 2. The van der Waals surface area contributed by atoms with Crippen molar-refractivity contribution in [2.75, 3.05) is 31.1 Å². The lowest BCUT2D eigenvalue weighted by Crippen LogP contribution is -2.48. The van der Waals surface area contributed by atoms with Gasteiger partial charge in [-0.2, -0.15) is 0 Å². The van der Waals surface area contributed by atoms with Crippen molar-refractivity contribution < 1.29 is 19.1 Å². The van der Waals surface area contributed by atoms with E-state index in [1.54, 1.807) is 0 Å². The fourth-order valence-electron chi connectivity index (χ4n) is 3.92. The molecule has 7 nitrogen and oxygen atoms in total. The molecular formula is C22H23N3O4. The summed E-state index contributed by atoms with van der Waals surface area (Å²) < 4.78 is 6.00. The van der Waals surface area contributed by atoms with Crippen LogP contribution >= 0.6 is 0 Å². The van der Waals surface area contributed by atoms with Crippen molar-refractivity contribution in [3.8, 4) is 0 Å². The second kappa shape index (κ2) is 7.50. The Balaban J connectivity index is 1.78. The number of aryl methyl sites for hydroxylation is 1. The molecule has 7 heteroatoms. The summed E-state index contributed by atoms with van der Waals surface area (Å²) >= 11 is 0. The number of furan rings is 1. The van der Waals surface area contributed by atoms with Crippen molar-refractivity contribution in [2.45, 2.75) is 13.3 Å². The van der Waals surface area contributed by atoms with Crippen LogP contribution in [0, 0.1) is 6.92 Å². The molecule has 2 amide bonds. The minimum atomic E-state index is -0.904. The topological polar surface area (TPSA) is 100 Å². The van der Waals surface area contributed by atoms with Crippen LogP contribution in [0.2, 0.25) is 0 Å². The predicted molar refractivity (Wildman–Crippen MR) is 111 cm³/mol. The van der Waals surface area contributed by atoms with Crippen LogP contribution in [0.1, 0.15) is 27.2 Å². The summed E-state index contributed by atoms with van der Waals surface area (Å²) in [5.74, 6) is -0.411. The van der Waals surface area contributed by atoms with E-state index in [9.17, 15) is 14.7 Å². The Hall–Kier alpha value is -3.48. The average molecular weight is 393 g/mol. The first-order valence-electron chi connectivity index (χ1n) is 9.56. The number of benzene rings is 2. The van der Waals surface area contributed by atoms with Crippen LogP contribution in [-0.4, -0.2) is 48.2 Å². The maximum absolute atomic E-state index is 12.1. The lowest BCUT2D eigenvalue weighted by Gasteiger charge is -2.34. The van der Waals surface area contributed by atoms with Gasteiger partial charge in [0.05, 0.1) is 5.69 Å². The van der Waals surface area contributed by atoms with E-state index in [2.05, 4.69) is 4.90 Å². The van der Waals surface area contributed by atoms with Crippen LogP contribution in [0.4, 0.5) is 10.5 Å². The molecule has 2 aromatic carbocycles. The van der Waals surface area contributed by atoms with Crippen molar-refractivity contribution in [1.29, 1.82) is 0 Å². The number of carbonyl (C=O) groups is 2. The van der Waals surface area contributed by atoms with Crippen molar-refractivity contribution in [2.24, 2.45) is 5.73 Å². The number of piperazine rings is 1. The molecule has 0 bridgehead atoms. The zero-order valence-electron chi connectivity index (χ0n) is 16.2. The maximum Gasteiger partial charge on any atom is 0.407 e. The lowest BCUT2D eigenvalue weighted by molar-refractivity contribution is 0.0974. The molecule has 150 valence electrons. The quantitative estimate of drug-likeness (QED) is 0.709. The van der Waals surface area contributed by atoms with Gasteiger partial charge in [-0.1, -0.05) is 30.3 Å². The van der Waals surface area contributed by atoms with Gasteiger partial charge in [-0.15, -0.1) is 0 Å². The van der Waals surface area contributed by atoms with Gasteiger partial charge in [-0.25, -0.2) is 4.79 Å². The van der Waals surface area contributed by atoms with Crippen molar-refractivity contribution >= 4 is 28.7 Å². The van der Waals surface area contributed by atoms with Crippen molar-refractivity contribution in [3.05, 3.63) is 64.9 Å². The molecule has 0 spiro atoms. The van der Waals surface area contributed by atoms with Gasteiger partial charge in [0.1, 0.15) is 0 Å². The van der Waals surface area contributed by atoms with Crippen LogP contribution in [0.25, 0.3) is 11.0 Å². The maximum atomic E-state index is 12.1. The van der Waals surface area contributed by atoms with Gasteiger partial charge < -0.3 is 25.1 Å². The van der Waals surface area contributed by atoms with Gasteiger partial charge >= 0.3 is 6.09 Å². The normalized spacial score (nSPS) is 14.4. The summed E-state index contributed by atoms with van der Waals surface area (Å²) in [6, 6.07) is 13.9. The third-order valence-corrected chi connectivity index (χ3v) is 5.36. The van der Waals surface area contributed by atoms with Gasteiger partial charge in [-0.05, 0) is 30.2 Å². The fourth-order valence-corrected chi connectivity index (χ4v) is 3.92. The van der Waals surface area contributed by atoms with Gasteiger partial charge in [-0.3, -0.25) is 4.79 Å². The van der Waals surface area contributed by atoms with Crippen LogP contribution in [0.3, 0.4) is 0 Å². The standard InChI is InChI=1S/C22H23N3O4/c1-14-11-16-17(13-15-5-3-2-4-6-15)20(21(23)26)29-19(16)18(12-14)24-7-9-25(10-8-24)22(27)28/h2-6,11-12H,7-10,13H2,1H3,(H2,23,26)(H,27,28). The van der Waals surface area contributed by atoms with Crippen LogP contribution in [-0.2, 0) is 6.42 Å². The molecule has 3 N–H and O–H groups in total. The van der Waals surface area contributed by atoms with E-state index in [4.69, 9.17) is 10.2 Å². The van der Waals surface area contributed by atoms with Crippen molar-refractivity contribution in [1.82, 2.24) is 4.90 Å². The number of carbonyl (C=O) groups excluding carboxylic acids is 1. The van der Waals surface area contributed by atoms with E-state index in [-0.39, 0.29) is 5.76 Å². The third kappa shape index (κ3) is 3.63. The lowest BCUT2D eigenvalue weighted by atomic mass is 9.99. The second-order valence-corrected chi connectivity index (χ2v) is 7.35. The molecule has 4 rings (SSSR count). The predicted octanol–water partition coefficient (Wildman–Crippen LogP) is 3.23. The largest absolute Gasteiger partial charge is 0.465 e. The highest BCUT2D eigenvalue weighted by Gasteiger charge is 2.26. The minimum absolute atomic E-state index is 0.180. The first-order valence-corrected chi connectivity index (χ1v) is 9.56. The summed E-state index contributed by atoms with van der Waals surface area (Å²) in [5.41, 5.74) is 10.0. The third-order valence-electron chi connectivity index (χ3n) is 5.36. The zero-order chi connectivity index (χ0) is 20.5. The molecule has 3 aromatic rings. The van der Waals surface area contributed by atoms with E-state index in [1.165, 1.54) is 4.90 Å². The number of hydrogen-bond acceptors (Lipinski definition) is 4. The average Bonchev–Trinajstić information content (AvgIpc) is 3.07. The molecule has 1 aliphatic rings. The number of amides is 2. The first kappa shape index (κ1) is 18.9. The molecule has 0 radical (unpaired) electrons. The Morgan fingerprint density at radius 3 is 2.41 bits per heavy atom. The molecule has 0 aliphatic carbocycles. The Morgan fingerprint density at radius 1 is 1.10 bits per heavy atom. The number of fused-ring (bicyclic) bond motifs is 1. The van der Waals surface area contributed by atoms with Crippen LogP contribution < -0.4 is 10.6 Å². The zero-order valence-corrected chi connectivity index (χ0v) is 16.2. The van der Waals surface area contributed by atoms with E-state index in [0.29, 0.717) is 38.2 Å². The molecule has 0 unspecified atom stereocenters. The molecular weight excluding hydrogens is 370 g/mol. The van der Waals surface area contributed by atoms with Gasteiger partial charge in [0.2, 0.25) is 0 Å². The molecule has 0 atom stereocenters. The van der Waals surface area contributed by atoms with E-state index >= 15 is 0 Å². The highest BCUT2D eigenvalue weighted by Crippen LogP contribution is 2.36. The van der Waals surface area contributed by atoms with Crippen molar-refractivity contribution in [3.63, 3.8) is 0 Å². The highest BCUT2D eigenvalue weighted by atomic mass is 16.4. The van der Waals surface area contributed by atoms with Gasteiger partial charge in [0.15, 0.2) is 11.3 Å². The van der Waals surface area contributed by atoms with E-state index < -0.39 is 12.0 Å². The van der Waals surface area contributed by atoms with Crippen LogP contribution in [0.15, 0.2) is 46.9 Å². The Bertz CT molecular complexity index is 1070. The smallest absolute Gasteiger partial charge is 0.407 e. The number of anilines is 1. The molecule has 29 heavy (non-hydrogen) atoms. The summed E-state index contributed by atoms with van der Waals surface area (Å²) in [6.07, 6.45) is -0.361. The summed E-state index contributed by atoms with van der Waals surface area (Å²) in [7, 11) is 0. The number of carboxylic acid groups (broad SMARTS) is 1. The molecule has 1 fully saturated rings. The van der Waals surface area contributed by atoms with E-state index in [1.807, 2.05) is 49.4 Å². The number of hydrogen-bond donors (Lipinski definition) is 2. The molecule has 2 heterocycles. The molecule has 1 saturated heterocycles. The SMILES string of the molecule is Cc1cc(N2CCN(C(=O)O)CC2)c2oc(C(N)=O)c(Cc3ccccc3)c2c1. The van der Waals surface area contributed by atoms with Crippen LogP contribution in [0.5, 0.6) is 0 Å². The number of nitrogens with two attached hydrogens (primary N) is 1. The Morgan fingerprint density at radius 2 is 1.79 bits per heavy atom. The van der Waals surface area contributed by atoms with Gasteiger partial charge in [0, 0.05) is 43.5 Å². The monoisotopic (exact) mass is 393 g/mol. The highest BCUT2D eigenvalue weighted by molar-refractivity contribution is 6.02. The Kier molecular flexibility index (Phi) is 4.88. The van der Waals surface area contributed by atoms with Gasteiger partial charge in [0.25, 0.3) is 5.91 Å².